The standard InChI is InChI=1S/C22H32N4O2/c1-2-24-13-3-4-19(24)21(28)25-14-9-22(10-15-25)8-5-20(27)26(17-22)16-18-6-11-23-12-7-18/h6-7,11-12,19H,2-5,8-10,13-17H2,1H3/t19-/m0/s1. The molecule has 28 heavy (non-hydrogen) atoms. The molecule has 3 saturated heterocycles. The number of amides is 2. The predicted octanol–water partition coefficient (Wildman–Crippen LogP) is 2.30. The first kappa shape index (κ1) is 19.4. The van der Waals surface area contributed by atoms with Gasteiger partial charge in [-0.3, -0.25) is 19.5 Å². The highest BCUT2D eigenvalue weighted by molar-refractivity contribution is 5.82. The second kappa shape index (κ2) is 8.19. The van der Waals surface area contributed by atoms with Gasteiger partial charge in [0.25, 0.3) is 0 Å². The van der Waals surface area contributed by atoms with E-state index in [0.717, 1.165) is 70.4 Å². The van der Waals surface area contributed by atoms with Gasteiger partial charge in [-0.2, -0.15) is 0 Å². The number of likely N-dealkylation sites (tertiary alicyclic amines) is 3. The van der Waals surface area contributed by atoms with E-state index in [4.69, 9.17) is 0 Å². The van der Waals surface area contributed by atoms with Crippen molar-refractivity contribution in [2.75, 3.05) is 32.7 Å². The molecule has 152 valence electrons. The summed E-state index contributed by atoms with van der Waals surface area (Å²) < 4.78 is 0. The normalized spacial score (nSPS) is 25.5. The number of hydrogen-bond donors (Lipinski definition) is 0. The second-order valence-electron chi connectivity index (χ2n) is 8.72. The Balaban J connectivity index is 1.36. The molecule has 3 fully saturated rings. The first-order valence-electron chi connectivity index (χ1n) is 10.8. The van der Waals surface area contributed by atoms with Crippen LogP contribution >= 0.6 is 0 Å². The van der Waals surface area contributed by atoms with E-state index in [1.807, 2.05) is 17.0 Å². The Kier molecular flexibility index (Phi) is 5.67. The summed E-state index contributed by atoms with van der Waals surface area (Å²) in [5.74, 6) is 0.584. The zero-order valence-electron chi connectivity index (χ0n) is 17.0. The minimum absolute atomic E-state index is 0.0928. The van der Waals surface area contributed by atoms with E-state index in [2.05, 4.69) is 21.7 Å². The molecule has 0 bridgehead atoms. The Morgan fingerprint density at radius 2 is 1.93 bits per heavy atom. The average molecular weight is 385 g/mol. The Morgan fingerprint density at radius 3 is 2.64 bits per heavy atom. The van der Waals surface area contributed by atoms with Crippen LogP contribution in [0.1, 0.15) is 51.0 Å². The van der Waals surface area contributed by atoms with Crippen LogP contribution in [0.5, 0.6) is 0 Å². The van der Waals surface area contributed by atoms with Gasteiger partial charge in [0.2, 0.25) is 11.8 Å². The summed E-state index contributed by atoms with van der Waals surface area (Å²) in [6.07, 6.45) is 9.32. The molecular weight excluding hydrogens is 352 g/mol. The van der Waals surface area contributed by atoms with Crippen molar-refractivity contribution in [2.24, 2.45) is 5.41 Å². The molecule has 1 aromatic rings. The minimum Gasteiger partial charge on any atom is -0.341 e. The van der Waals surface area contributed by atoms with Crippen LogP contribution < -0.4 is 0 Å². The summed E-state index contributed by atoms with van der Waals surface area (Å²) >= 11 is 0. The van der Waals surface area contributed by atoms with Gasteiger partial charge in [-0.1, -0.05) is 6.92 Å². The molecule has 3 aliphatic rings. The molecule has 6 heteroatoms. The maximum absolute atomic E-state index is 13.0. The fourth-order valence-corrected chi connectivity index (χ4v) is 5.26. The molecule has 0 aliphatic carbocycles. The molecular formula is C22H32N4O2. The lowest BCUT2D eigenvalue weighted by Gasteiger charge is -2.48. The molecule has 1 atom stereocenters. The van der Waals surface area contributed by atoms with Crippen molar-refractivity contribution in [3.05, 3.63) is 30.1 Å². The minimum atomic E-state index is 0.0928. The van der Waals surface area contributed by atoms with Gasteiger partial charge in [-0.15, -0.1) is 0 Å². The maximum atomic E-state index is 13.0. The third-order valence-corrected chi connectivity index (χ3v) is 7.06. The first-order valence-corrected chi connectivity index (χ1v) is 10.8. The second-order valence-corrected chi connectivity index (χ2v) is 8.72. The van der Waals surface area contributed by atoms with E-state index in [1.54, 1.807) is 12.4 Å². The molecule has 0 N–H and O–H groups in total. The van der Waals surface area contributed by atoms with Gasteiger partial charge in [-0.05, 0) is 68.3 Å². The Hall–Kier alpha value is -1.95. The third-order valence-electron chi connectivity index (χ3n) is 7.06. The van der Waals surface area contributed by atoms with Crippen LogP contribution in [0.15, 0.2) is 24.5 Å². The number of hydrogen-bond acceptors (Lipinski definition) is 4. The van der Waals surface area contributed by atoms with Crippen LogP contribution in [0.25, 0.3) is 0 Å². The predicted molar refractivity (Wildman–Crippen MR) is 107 cm³/mol. The molecule has 1 spiro atoms. The Morgan fingerprint density at radius 1 is 1.18 bits per heavy atom. The number of pyridine rings is 1. The van der Waals surface area contributed by atoms with Crippen LogP contribution in [0.4, 0.5) is 0 Å². The van der Waals surface area contributed by atoms with E-state index in [0.29, 0.717) is 18.9 Å². The highest BCUT2D eigenvalue weighted by Gasteiger charge is 2.43. The quantitative estimate of drug-likeness (QED) is 0.799. The molecule has 1 aromatic heterocycles. The van der Waals surface area contributed by atoms with Gasteiger partial charge >= 0.3 is 0 Å². The molecule has 0 radical (unpaired) electrons. The van der Waals surface area contributed by atoms with Crippen molar-refractivity contribution in [2.45, 2.75) is 58.0 Å². The largest absolute Gasteiger partial charge is 0.341 e. The first-order chi connectivity index (χ1) is 13.6. The van der Waals surface area contributed by atoms with E-state index >= 15 is 0 Å². The lowest BCUT2D eigenvalue weighted by atomic mass is 9.72. The van der Waals surface area contributed by atoms with E-state index in [1.165, 1.54) is 0 Å². The topological polar surface area (TPSA) is 56.8 Å². The van der Waals surface area contributed by atoms with Gasteiger partial charge in [0, 0.05) is 45.0 Å². The van der Waals surface area contributed by atoms with Crippen molar-refractivity contribution in [1.29, 1.82) is 0 Å². The van der Waals surface area contributed by atoms with E-state index in [9.17, 15) is 9.59 Å². The van der Waals surface area contributed by atoms with Crippen molar-refractivity contribution in [3.63, 3.8) is 0 Å². The van der Waals surface area contributed by atoms with Gasteiger partial charge in [0.05, 0.1) is 6.04 Å². The number of carbonyl (C=O) groups excluding carboxylic acids is 2. The zero-order valence-corrected chi connectivity index (χ0v) is 17.0. The number of piperidine rings is 2. The summed E-state index contributed by atoms with van der Waals surface area (Å²) in [5.41, 5.74) is 1.31. The van der Waals surface area contributed by atoms with Crippen LogP contribution in [0.3, 0.4) is 0 Å². The molecule has 0 aromatic carbocycles. The van der Waals surface area contributed by atoms with Gasteiger partial charge in [0.15, 0.2) is 0 Å². The monoisotopic (exact) mass is 384 g/mol. The number of carbonyl (C=O) groups is 2. The van der Waals surface area contributed by atoms with Crippen molar-refractivity contribution >= 4 is 11.8 Å². The Labute approximate surface area is 167 Å². The fraction of sp³-hybridized carbons (Fsp3) is 0.682. The molecule has 6 nitrogen and oxygen atoms in total. The number of likely N-dealkylation sites (N-methyl/N-ethyl adjacent to an activating group) is 1. The van der Waals surface area contributed by atoms with Gasteiger partial charge in [0.1, 0.15) is 0 Å². The summed E-state index contributed by atoms with van der Waals surface area (Å²) in [7, 11) is 0. The highest BCUT2D eigenvalue weighted by Crippen LogP contribution is 2.41. The lowest BCUT2D eigenvalue weighted by Crippen LogP contribution is -2.54. The van der Waals surface area contributed by atoms with Gasteiger partial charge in [-0.25, -0.2) is 0 Å². The van der Waals surface area contributed by atoms with Crippen molar-refractivity contribution < 1.29 is 9.59 Å². The van der Waals surface area contributed by atoms with Gasteiger partial charge < -0.3 is 9.80 Å². The summed E-state index contributed by atoms with van der Waals surface area (Å²) in [4.78, 5) is 36.0. The maximum Gasteiger partial charge on any atom is 0.239 e. The van der Waals surface area contributed by atoms with E-state index < -0.39 is 0 Å². The molecule has 4 rings (SSSR count). The van der Waals surface area contributed by atoms with Crippen LogP contribution in [0.2, 0.25) is 0 Å². The third kappa shape index (κ3) is 3.93. The smallest absolute Gasteiger partial charge is 0.239 e. The molecule has 3 aliphatic heterocycles. The fourth-order valence-electron chi connectivity index (χ4n) is 5.26. The average Bonchev–Trinajstić information content (AvgIpc) is 3.21. The Bertz CT molecular complexity index is 700. The van der Waals surface area contributed by atoms with Crippen molar-refractivity contribution in [1.82, 2.24) is 19.7 Å². The van der Waals surface area contributed by atoms with Crippen LogP contribution in [0, 0.1) is 5.41 Å². The number of nitrogens with zero attached hydrogens (tertiary/aromatic N) is 4. The SMILES string of the molecule is CCN1CCC[C@H]1C(=O)N1CCC2(CCC(=O)N(Cc3ccncc3)C2)CC1. The van der Waals surface area contributed by atoms with Crippen LogP contribution in [-0.4, -0.2) is 70.3 Å². The zero-order chi connectivity index (χ0) is 19.6. The molecule has 2 amide bonds. The highest BCUT2D eigenvalue weighted by atomic mass is 16.2. The van der Waals surface area contributed by atoms with Crippen LogP contribution in [-0.2, 0) is 16.1 Å². The van der Waals surface area contributed by atoms with Crippen molar-refractivity contribution in [3.8, 4) is 0 Å². The molecule has 0 saturated carbocycles. The lowest BCUT2D eigenvalue weighted by molar-refractivity contribution is -0.144. The summed E-state index contributed by atoms with van der Waals surface area (Å²) in [6.45, 7) is 7.32. The molecule has 0 unspecified atom stereocenters. The summed E-state index contributed by atoms with van der Waals surface area (Å²) in [6, 6.07) is 4.06. The number of aromatic nitrogens is 1. The molecule has 4 heterocycles. The van der Waals surface area contributed by atoms with E-state index in [-0.39, 0.29) is 17.4 Å². The summed E-state index contributed by atoms with van der Waals surface area (Å²) in [5, 5.41) is 0. The number of rotatable bonds is 4.